The third-order valence-electron chi connectivity index (χ3n) is 5.04. The molecule has 2 aromatic carbocycles. The lowest BCUT2D eigenvalue weighted by Crippen LogP contribution is -2.41. The number of nitrogens with zero attached hydrogens (tertiary/aromatic N) is 2. The quantitative estimate of drug-likeness (QED) is 0.464. The van der Waals surface area contributed by atoms with Crippen molar-refractivity contribution in [3.63, 3.8) is 0 Å². The molecule has 0 aliphatic rings. The van der Waals surface area contributed by atoms with Crippen molar-refractivity contribution in [2.45, 2.75) is 20.0 Å². The molecule has 164 valence electrons. The van der Waals surface area contributed by atoms with Gasteiger partial charge >= 0.3 is 5.69 Å². The van der Waals surface area contributed by atoms with Crippen LogP contribution in [0.1, 0.15) is 11.1 Å². The zero-order chi connectivity index (χ0) is 22.8. The van der Waals surface area contributed by atoms with Gasteiger partial charge in [-0.3, -0.25) is 18.7 Å². The van der Waals surface area contributed by atoms with Crippen molar-refractivity contribution in [3.05, 3.63) is 90.9 Å². The molecule has 0 spiro atoms. The number of amides is 1. The molecule has 0 atom stereocenters. The van der Waals surface area contributed by atoms with E-state index in [1.54, 1.807) is 55.0 Å². The number of carbonyl (C=O) groups excluding carboxylic acids is 1. The normalized spacial score (nSPS) is 11.0. The number of thiophene rings is 1. The Bertz CT molecular complexity index is 1420. The minimum Gasteiger partial charge on any atom is -0.497 e. The molecule has 0 aliphatic carbocycles. The molecule has 0 aliphatic heterocycles. The molecule has 0 saturated heterocycles. The molecule has 0 bridgehead atoms. The lowest BCUT2D eigenvalue weighted by molar-refractivity contribution is -0.116. The Morgan fingerprint density at radius 2 is 1.84 bits per heavy atom. The largest absolute Gasteiger partial charge is 0.497 e. The average Bonchev–Trinajstić information content (AvgIpc) is 3.27. The minimum absolute atomic E-state index is 0.0842. The van der Waals surface area contributed by atoms with Gasteiger partial charge in [0.2, 0.25) is 5.91 Å². The van der Waals surface area contributed by atoms with Crippen LogP contribution in [0.2, 0.25) is 5.02 Å². The monoisotopic (exact) mass is 469 g/mol. The van der Waals surface area contributed by atoms with Gasteiger partial charge in [0.25, 0.3) is 5.56 Å². The highest BCUT2D eigenvalue weighted by Crippen LogP contribution is 2.23. The standard InChI is InChI=1S/C23H20ClN3O4S/c1-14-3-8-18(17(24)11-14)25-20(28)13-26-19-9-10-32-21(19)22(29)27(23(26)30)12-15-4-6-16(31-2)7-5-15/h3-11H,12-13H2,1-2H3,(H,25,28). The van der Waals surface area contributed by atoms with Crippen LogP contribution in [0.15, 0.2) is 63.5 Å². The number of hydrogen-bond acceptors (Lipinski definition) is 5. The van der Waals surface area contributed by atoms with Gasteiger partial charge in [0.05, 0.1) is 29.9 Å². The highest BCUT2D eigenvalue weighted by molar-refractivity contribution is 7.17. The van der Waals surface area contributed by atoms with E-state index in [0.717, 1.165) is 15.7 Å². The summed E-state index contributed by atoms with van der Waals surface area (Å²) < 4.78 is 8.03. The Labute approximate surface area is 192 Å². The zero-order valence-corrected chi connectivity index (χ0v) is 19.0. The number of anilines is 1. The number of fused-ring (bicyclic) bond motifs is 1. The van der Waals surface area contributed by atoms with E-state index in [9.17, 15) is 14.4 Å². The third-order valence-corrected chi connectivity index (χ3v) is 6.24. The average molecular weight is 470 g/mol. The summed E-state index contributed by atoms with van der Waals surface area (Å²) in [6.45, 7) is 1.73. The maximum absolute atomic E-state index is 13.2. The summed E-state index contributed by atoms with van der Waals surface area (Å²) in [7, 11) is 1.57. The van der Waals surface area contributed by atoms with Crippen molar-refractivity contribution in [2.24, 2.45) is 0 Å². The van der Waals surface area contributed by atoms with Crippen LogP contribution in [0.5, 0.6) is 5.75 Å². The van der Waals surface area contributed by atoms with Crippen LogP contribution in [-0.4, -0.2) is 22.2 Å². The predicted octanol–water partition coefficient (Wildman–Crippen LogP) is 3.88. The van der Waals surface area contributed by atoms with E-state index < -0.39 is 11.6 Å². The second-order valence-electron chi connectivity index (χ2n) is 7.27. The molecule has 0 fully saturated rings. The minimum atomic E-state index is -0.554. The van der Waals surface area contributed by atoms with Crippen molar-refractivity contribution in [3.8, 4) is 5.75 Å². The second kappa shape index (κ2) is 9.02. The van der Waals surface area contributed by atoms with Crippen molar-refractivity contribution in [2.75, 3.05) is 12.4 Å². The molecule has 2 aromatic heterocycles. The van der Waals surface area contributed by atoms with Gasteiger partial charge in [0.15, 0.2) is 0 Å². The summed E-state index contributed by atoms with van der Waals surface area (Å²) in [5, 5.41) is 4.88. The highest BCUT2D eigenvalue weighted by atomic mass is 35.5. The lowest BCUT2D eigenvalue weighted by atomic mass is 10.2. The molecule has 2 heterocycles. The fraction of sp³-hybridized carbons (Fsp3) is 0.174. The molecular weight excluding hydrogens is 450 g/mol. The van der Waals surface area contributed by atoms with Gasteiger partial charge in [-0.05, 0) is 53.8 Å². The number of hydrogen-bond donors (Lipinski definition) is 1. The van der Waals surface area contributed by atoms with Crippen molar-refractivity contribution in [1.29, 1.82) is 0 Å². The van der Waals surface area contributed by atoms with E-state index in [1.807, 2.05) is 13.0 Å². The first kappa shape index (κ1) is 21.9. The van der Waals surface area contributed by atoms with Gasteiger partial charge in [0, 0.05) is 0 Å². The molecule has 4 aromatic rings. The Kier molecular flexibility index (Phi) is 6.16. The Hall–Kier alpha value is -3.36. The van der Waals surface area contributed by atoms with E-state index in [-0.39, 0.29) is 18.6 Å². The SMILES string of the molecule is COc1ccc(Cn2c(=O)c3sccc3n(CC(=O)Nc3ccc(C)cc3Cl)c2=O)cc1. The van der Waals surface area contributed by atoms with Crippen LogP contribution < -0.4 is 21.3 Å². The summed E-state index contributed by atoms with van der Waals surface area (Å²) in [5.74, 6) is 0.263. The van der Waals surface area contributed by atoms with Crippen LogP contribution in [-0.2, 0) is 17.9 Å². The molecule has 4 rings (SSSR count). The molecule has 1 amide bonds. The lowest BCUT2D eigenvalue weighted by Gasteiger charge is -2.13. The number of benzene rings is 2. The van der Waals surface area contributed by atoms with E-state index in [2.05, 4.69) is 5.32 Å². The summed E-state index contributed by atoms with van der Waals surface area (Å²) in [6.07, 6.45) is 0. The van der Waals surface area contributed by atoms with E-state index in [1.165, 1.54) is 15.9 Å². The molecule has 0 saturated carbocycles. The van der Waals surface area contributed by atoms with Crippen LogP contribution in [0.4, 0.5) is 5.69 Å². The zero-order valence-electron chi connectivity index (χ0n) is 17.4. The summed E-state index contributed by atoms with van der Waals surface area (Å²) in [4.78, 5) is 38.9. The van der Waals surface area contributed by atoms with Crippen LogP contribution >= 0.6 is 22.9 Å². The Morgan fingerprint density at radius 3 is 2.53 bits per heavy atom. The number of carbonyl (C=O) groups is 1. The summed E-state index contributed by atoms with van der Waals surface area (Å²) in [5.41, 5.74) is 1.69. The molecule has 9 heteroatoms. The van der Waals surface area contributed by atoms with Crippen LogP contribution in [0.25, 0.3) is 10.2 Å². The summed E-state index contributed by atoms with van der Waals surface area (Å²) in [6, 6.07) is 14.1. The van der Waals surface area contributed by atoms with Crippen LogP contribution in [0, 0.1) is 6.92 Å². The second-order valence-corrected chi connectivity index (χ2v) is 8.60. The van der Waals surface area contributed by atoms with Crippen molar-refractivity contribution >= 4 is 44.7 Å². The predicted molar refractivity (Wildman–Crippen MR) is 127 cm³/mol. The molecule has 0 unspecified atom stereocenters. The van der Waals surface area contributed by atoms with Gasteiger partial charge in [0.1, 0.15) is 17.0 Å². The molecule has 32 heavy (non-hydrogen) atoms. The molecule has 1 N–H and O–H groups in total. The Morgan fingerprint density at radius 1 is 1.09 bits per heavy atom. The van der Waals surface area contributed by atoms with Gasteiger partial charge in [-0.25, -0.2) is 4.79 Å². The first-order valence-electron chi connectivity index (χ1n) is 9.77. The number of aryl methyl sites for hydroxylation is 1. The van der Waals surface area contributed by atoms with Gasteiger partial charge in [-0.2, -0.15) is 0 Å². The van der Waals surface area contributed by atoms with E-state index >= 15 is 0 Å². The van der Waals surface area contributed by atoms with Crippen LogP contribution in [0.3, 0.4) is 0 Å². The first-order chi connectivity index (χ1) is 15.4. The molecule has 0 radical (unpaired) electrons. The number of halogens is 1. The van der Waals surface area contributed by atoms with Gasteiger partial charge in [-0.1, -0.05) is 29.8 Å². The van der Waals surface area contributed by atoms with Crippen molar-refractivity contribution < 1.29 is 9.53 Å². The first-order valence-corrected chi connectivity index (χ1v) is 11.0. The van der Waals surface area contributed by atoms with E-state index in [4.69, 9.17) is 16.3 Å². The Balaban J connectivity index is 1.69. The van der Waals surface area contributed by atoms with Crippen molar-refractivity contribution in [1.82, 2.24) is 9.13 Å². The van der Waals surface area contributed by atoms with Gasteiger partial charge < -0.3 is 10.1 Å². The highest BCUT2D eigenvalue weighted by Gasteiger charge is 2.17. The number of ether oxygens (including phenoxy) is 1. The number of methoxy groups -OCH3 is 1. The fourth-order valence-electron chi connectivity index (χ4n) is 3.39. The number of nitrogens with one attached hydrogen (secondary N) is 1. The maximum atomic E-state index is 13.2. The molecule has 7 nitrogen and oxygen atoms in total. The smallest absolute Gasteiger partial charge is 0.332 e. The summed E-state index contributed by atoms with van der Waals surface area (Å²) >= 11 is 7.44. The third kappa shape index (κ3) is 4.32. The number of aromatic nitrogens is 2. The fourth-order valence-corrected chi connectivity index (χ4v) is 4.52. The number of rotatable bonds is 6. The van der Waals surface area contributed by atoms with E-state index in [0.29, 0.717) is 26.7 Å². The topological polar surface area (TPSA) is 82.3 Å². The molecular formula is C23H20ClN3O4S. The maximum Gasteiger partial charge on any atom is 0.332 e. The van der Waals surface area contributed by atoms with Gasteiger partial charge in [-0.15, -0.1) is 11.3 Å².